The molecule has 0 aliphatic heterocycles. The van der Waals surface area contributed by atoms with E-state index in [1.54, 1.807) is 13.0 Å². The third-order valence-electron chi connectivity index (χ3n) is 5.72. The quantitative estimate of drug-likeness (QED) is 0.558. The van der Waals surface area contributed by atoms with Crippen LogP contribution in [0.2, 0.25) is 0 Å². The summed E-state index contributed by atoms with van der Waals surface area (Å²) in [6, 6.07) is 7.33. The first-order chi connectivity index (χ1) is 14.4. The molecule has 1 heterocycles. The largest absolute Gasteiger partial charge is 0.506 e. The van der Waals surface area contributed by atoms with Crippen LogP contribution in [0.4, 0.5) is 5.69 Å². The van der Waals surface area contributed by atoms with Crippen molar-refractivity contribution in [3.63, 3.8) is 0 Å². The number of esters is 1. The van der Waals surface area contributed by atoms with Gasteiger partial charge in [0.25, 0.3) is 0 Å². The summed E-state index contributed by atoms with van der Waals surface area (Å²) < 4.78 is 4.73. The predicted octanol–water partition coefficient (Wildman–Crippen LogP) is 4.54. The molecule has 1 aromatic heterocycles. The number of aromatic nitrogens is 1. The zero-order valence-electron chi connectivity index (χ0n) is 18.0. The van der Waals surface area contributed by atoms with Gasteiger partial charge in [-0.3, -0.25) is 9.78 Å². The van der Waals surface area contributed by atoms with E-state index in [0.717, 1.165) is 40.9 Å². The third kappa shape index (κ3) is 5.17. The molecule has 0 atom stereocenters. The van der Waals surface area contributed by atoms with E-state index in [2.05, 4.69) is 5.32 Å². The Kier molecular flexibility index (Phi) is 7.08. The Balaban J connectivity index is 1.78. The molecule has 160 valence electrons. The maximum absolute atomic E-state index is 11.9. The number of nitrogens with one attached hydrogen (secondary N) is 1. The van der Waals surface area contributed by atoms with Gasteiger partial charge in [0.2, 0.25) is 0 Å². The van der Waals surface area contributed by atoms with Gasteiger partial charge in [0.05, 0.1) is 12.3 Å². The molecule has 1 saturated carbocycles. The summed E-state index contributed by atoms with van der Waals surface area (Å²) in [5.41, 5.74) is 5.43. The molecule has 0 radical (unpaired) electrons. The Morgan fingerprint density at radius 3 is 2.43 bits per heavy atom. The van der Waals surface area contributed by atoms with Crippen LogP contribution in [0.5, 0.6) is 5.75 Å². The molecule has 3 rings (SSSR count). The van der Waals surface area contributed by atoms with Crippen molar-refractivity contribution in [1.82, 2.24) is 4.98 Å². The van der Waals surface area contributed by atoms with Gasteiger partial charge in [-0.25, -0.2) is 4.79 Å². The van der Waals surface area contributed by atoms with Crippen molar-refractivity contribution in [1.29, 1.82) is 0 Å². The molecular weight excluding hydrogens is 380 g/mol. The number of pyridine rings is 1. The monoisotopic (exact) mass is 410 g/mol. The van der Waals surface area contributed by atoms with E-state index in [-0.39, 0.29) is 12.4 Å². The van der Waals surface area contributed by atoms with Crippen LogP contribution in [-0.2, 0) is 20.7 Å². The molecule has 2 aromatic rings. The van der Waals surface area contributed by atoms with Crippen molar-refractivity contribution < 1.29 is 19.4 Å². The van der Waals surface area contributed by atoms with Gasteiger partial charge in [0.1, 0.15) is 5.75 Å². The Morgan fingerprint density at radius 1 is 1.13 bits per heavy atom. The van der Waals surface area contributed by atoms with Gasteiger partial charge < -0.3 is 15.2 Å². The SMILES string of the molecule is CCOC(=O)C(=O)Nc1cc(C)c(Cc2ccc(O)c(C3CCCCC3)n2)c(C)c1. The van der Waals surface area contributed by atoms with Crippen LogP contribution in [0.3, 0.4) is 0 Å². The number of rotatable bonds is 5. The summed E-state index contributed by atoms with van der Waals surface area (Å²) in [5.74, 6) is -1.04. The predicted molar refractivity (Wildman–Crippen MR) is 116 cm³/mol. The summed E-state index contributed by atoms with van der Waals surface area (Å²) >= 11 is 0. The zero-order chi connectivity index (χ0) is 21.7. The molecule has 1 fully saturated rings. The van der Waals surface area contributed by atoms with E-state index in [9.17, 15) is 14.7 Å². The van der Waals surface area contributed by atoms with Crippen LogP contribution in [0.15, 0.2) is 24.3 Å². The highest BCUT2D eigenvalue weighted by molar-refractivity contribution is 6.37. The lowest BCUT2D eigenvalue weighted by Gasteiger charge is -2.22. The normalized spacial score (nSPS) is 14.4. The maximum atomic E-state index is 11.9. The molecule has 0 unspecified atom stereocenters. The van der Waals surface area contributed by atoms with E-state index >= 15 is 0 Å². The number of hydrogen-bond acceptors (Lipinski definition) is 5. The van der Waals surface area contributed by atoms with Gasteiger partial charge in [0, 0.05) is 23.7 Å². The summed E-state index contributed by atoms with van der Waals surface area (Å²) in [4.78, 5) is 28.3. The van der Waals surface area contributed by atoms with Crippen molar-refractivity contribution in [3.05, 3.63) is 52.3 Å². The van der Waals surface area contributed by atoms with Crippen molar-refractivity contribution in [2.45, 2.75) is 65.2 Å². The molecule has 2 N–H and O–H groups in total. The zero-order valence-corrected chi connectivity index (χ0v) is 18.0. The van der Waals surface area contributed by atoms with E-state index in [1.165, 1.54) is 19.3 Å². The van der Waals surface area contributed by atoms with E-state index in [0.29, 0.717) is 18.0 Å². The third-order valence-corrected chi connectivity index (χ3v) is 5.72. The smallest absolute Gasteiger partial charge is 0.397 e. The van der Waals surface area contributed by atoms with Crippen LogP contribution < -0.4 is 5.32 Å². The second-order valence-corrected chi connectivity index (χ2v) is 7.98. The Labute approximate surface area is 177 Å². The van der Waals surface area contributed by atoms with E-state index in [1.807, 2.05) is 32.0 Å². The van der Waals surface area contributed by atoms with Crippen molar-refractivity contribution >= 4 is 17.6 Å². The average molecular weight is 411 g/mol. The number of carbonyl (C=O) groups excluding carboxylic acids is 2. The Morgan fingerprint density at radius 2 is 1.80 bits per heavy atom. The highest BCUT2D eigenvalue weighted by Gasteiger charge is 2.21. The van der Waals surface area contributed by atoms with Crippen molar-refractivity contribution in [2.75, 3.05) is 11.9 Å². The number of benzene rings is 1. The molecule has 1 aliphatic rings. The standard InChI is InChI=1S/C24H30N2O4/c1-4-30-24(29)23(28)26-19-12-15(2)20(16(3)13-19)14-18-10-11-21(27)22(25-18)17-8-6-5-7-9-17/h10-13,17,27H,4-9,14H2,1-3H3,(H,26,28). The van der Waals surface area contributed by atoms with Gasteiger partial charge in [-0.15, -0.1) is 0 Å². The first-order valence-corrected chi connectivity index (χ1v) is 10.7. The minimum Gasteiger partial charge on any atom is -0.506 e. The number of ether oxygens (including phenoxy) is 1. The molecule has 0 bridgehead atoms. The lowest BCUT2D eigenvalue weighted by molar-refractivity contribution is -0.152. The molecule has 0 spiro atoms. The van der Waals surface area contributed by atoms with E-state index < -0.39 is 11.9 Å². The second-order valence-electron chi connectivity index (χ2n) is 7.98. The van der Waals surface area contributed by atoms with Crippen molar-refractivity contribution in [3.8, 4) is 5.75 Å². The first-order valence-electron chi connectivity index (χ1n) is 10.7. The molecule has 0 saturated heterocycles. The van der Waals surface area contributed by atoms with Gasteiger partial charge >= 0.3 is 11.9 Å². The summed E-state index contributed by atoms with van der Waals surface area (Å²) in [5, 5.41) is 12.9. The molecule has 30 heavy (non-hydrogen) atoms. The summed E-state index contributed by atoms with van der Waals surface area (Å²) in [6.07, 6.45) is 6.44. The summed E-state index contributed by atoms with van der Waals surface area (Å²) in [7, 11) is 0. The lowest BCUT2D eigenvalue weighted by atomic mass is 9.86. The second kappa shape index (κ2) is 9.74. The summed E-state index contributed by atoms with van der Waals surface area (Å²) in [6.45, 7) is 5.77. The van der Waals surface area contributed by atoms with Gasteiger partial charge in [-0.05, 0) is 74.6 Å². The van der Waals surface area contributed by atoms with Crippen molar-refractivity contribution in [2.24, 2.45) is 0 Å². The number of aryl methyl sites for hydroxylation is 2. The highest BCUT2D eigenvalue weighted by Crippen LogP contribution is 2.36. The van der Waals surface area contributed by atoms with Gasteiger partial charge in [-0.1, -0.05) is 19.3 Å². The van der Waals surface area contributed by atoms with Gasteiger partial charge in [0.15, 0.2) is 0 Å². The van der Waals surface area contributed by atoms with Crippen LogP contribution in [-0.4, -0.2) is 28.6 Å². The number of aromatic hydroxyl groups is 1. The fourth-order valence-corrected chi connectivity index (χ4v) is 4.19. The Bertz CT molecular complexity index is 910. The molecular formula is C24H30N2O4. The number of hydrogen-bond donors (Lipinski definition) is 2. The van der Waals surface area contributed by atoms with Crippen LogP contribution in [0, 0.1) is 13.8 Å². The average Bonchev–Trinajstić information content (AvgIpc) is 2.72. The molecule has 1 amide bonds. The van der Waals surface area contributed by atoms with Crippen LogP contribution in [0.25, 0.3) is 0 Å². The molecule has 1 aliphatic carbocycles. The number of amides is 1. The number of carbonyl (C=O) groups is 2. The minimum atomic E-state index is -0.889. The lowest BCUT2D eigenvalue weighted by Crippen LogP contribution is -2.25. The molecule has 6 nitrogen and oxygen atoms in total. The van der Waals surface area contributed by atoms with Gasteiger partial charge in [-0.2, -0.15) is 0 Å². The molecule has 1 aromatic carbocycles. The van der Waals surface area contributed by atoms with Crippen LogP contribution >= 0.6 is 0 Å². The number of anilines is 1. The Hall–Kier alpha value is -2.89. The minimum absolute atomic E-state index is 0.158. The fraction of sp³-hybridized carbons (Fsp3) is 0.458. The fourth-order valence-electron chi connectivity index (χ4n) is 4.19. The topological polar surface area (TPSA) is 88.5 Å². The first kappa shape index (κ1) is 21.8. The highest BCUT2D eigenvalue weighted by atomic mass is 16.5. The maximum Gasteiger partial charge on any atom is 0.397 e. The van der Waals surface area contributed by atoms with Crippen LogP contribution in [0.1, 0.15) is 73.0 Å². The molecule has 6 heteroatoms. The van der Waals surface area contributed by atoms with E-state index in [4.69, 9.17) is 9.72 Å². The number of nitrogens with zero attached hydrogens (tertiary/aromatic N) is 1.